The third-order valence-electron chi connectivity index (χ3n) is 4.32. The molecule has 2 rings (SSSR count). The van der Waals surface area contributed by atoms with Crippen molar-refractivity contribution >= 4 is 0 Å². The fourth-order valence-corrected chi connectivity index (χ4v) is 3.30. The van der Waals surface area contributed by atoms with Gasteiger partial charge >= 0.3 is 0 Å². The van der Waals surface area contributed by atoms with Gasteiger partial charge in [-0.15, -0.1) is 0 Å². The molecule has 0 radical (unpaired) electrons. The first-order valence-electron chi connectivity index (χ1n) is 7.17. The lowest BCUT2D eigenvalue weighted by Gasteiger charge is -2.27. The van der Waals surface area contributed by atoms with Crippen LogP contribution in [0.3, 0.4) is 0 Å². The van der Waals surface area contributed by atoms with Crippen LogP contribution in [0.1, 0.15) is 57.8 Å². The van der Waals surface area contributed by atoms with Crippen molar-refractivity contribution in [2.45, 2.75) is 69.9 Å². The van der Waals surface area contributed by atoms with Crippen LogP contribution in [0.25, 0.3) is 0 Å². The number of ether oxygens (including phenoxy) is 1. The molecule has 2 aliphatic rings. The molecule has 2 nitrogen and oxygen atoms in total. The SMILES string of the molecule is CNC(CC1CCCCC1)CC1CCCO1. The summed E-state index contributed by atoms with van der Waals surface area (Å²) in [5, 5.41) is 3.50. The van der Waals surface area contributed by atoms with Gasteiger partial charge < -0.3 is 10.1 Å². The Labute approximate surface area is 100 Å². The van der Waals surface area contributed by atoms with Gasteiger partial charge in [-0.25, -0.2) is 0 Å². The summed E-state index contributed by atoms with van der Waals surface area (Å²) in [5.41, 5.74) is 0. The largest absolute Gasteiger partial charge is 0.378 e. The maximum Gasteiger partial charge on any atom is 0.0590 e. The summed E-state index contributed by atoms with van der Waals surface area (Å²) in [6.07, 6.45) is 13.0. The number of hydrogen-bond donors (Lipinski definition) is 1. The van der Waals surface area contributed by atoms with Crippen LogP contribution < -0.4 is 5.32 Å². The maximum atomic E-state index is 5.73. The highest BCUT2D eigenvalue weighted by Crippen LogP contribution is 2.29. The quantitative estimate of drug-likeness (QED) is 0.776. The summed E-state index contributed by atoms with van der Waals surface area (Å²) >= 11 is 0. The van der Waals surface area contributed by atoms with Crippen LogP contribution in [-0.4, -0.2) is 25.8 Å². The molecule has 2 atom stereocenters. The van der Waals surface area contributed by atoms with Crippen LogP contribution in [0.2, 0.25) is 0 Å². The molecule has 2 fully saturated rings. The lowest BCUT2D eigenvalue weighted by molar-refractivity contribution is 0.0913. The standard InChI is InChI=1S/C14H27NO/c1-15-13(11-14-8-5-9-16-14)10-12-6-3-2-4-7-12/h12-15H,2-11H2,1H3. The van der Waals surface area contributed by atoms with Crippen molar-refractivity contribution in [1.29, 1.82) is 0 Å². The summed E-state index contributed by atoms with van der Waals surface area (Å²) in [7, 11) is 2.11. The fraction of sp³-hybridized carbons (Fsp3) is 1.00. The van der Waals surface area contributed by atoms with Crippen LogP contribution in [0.4, 0.5) is 0 Å². The molecule has 0 aromatic rings. The van der Waals surface area contributed by atoms with Gasteiger partial charge in [0.25, 0.3) is 0 Å². The molecule has 0 amide bonds. The minimum atomic E-state index is 0.543. The topological polar surface area (TPSA) is 21.3 Å². The minimum absolute atomic E-state index is 0.543. The Balaban J connectivity index is 1.70. The number of nitrogens with one attached hydrogen (secondary N) is 1. The molecular formula is C14H27NO. The predicted octanol–water partition coefficient (Wildman–Crippen LogP) is 3.11. The maximum absolute atomic E-state index is 5.73. The van der Waals surface area contributed by atoms with Crippen molar-refractivity contribution in [3.63, 3.8) is 0 Å². The van der Waals surface area contributed by atoms with E-state index in [1.807, 2.05) is 0 Å². The third kappa shape index (κ3) is 3.74. The van der Waals surface area contributed by atoms with Gasteiger partial charge in [-0.2, -0.15) is 0 Å². The molecule has 0 aromatic carbocycles. The Hall–Kier alpha value is -0.0800. The lowest BCUT2D eigenvalue weighted by Crippen LogP contribution is -2.32. The van der Waals surface area contributed by atoms with Gasteiger partial charge in [0, 0.05) is 12.6 Å². The van der Waals surface area contributed by atoms with Crippen molar-refractivity contribution < 1.29 is 4.74 Å². The van der Waals surface area contributed by atoms with Gasteiger partial charge in [-0.1, -0.05) is 32.1 Å². The van der Waals surface area contributed by atoms with Gasteiger partial charge in [-0.05, 0) is 38.6 Å². The molecule has 1 N–H and O–H groups in total. The van der Waals surface area contributed by atoms with Gasteiger partial charge in [0.15, 0.2) is 0 Å². The predicted molar refractivity (Wildman–Crippen MR) is 67.6 cm³/mol. The van der Waals surface area contributed by atoms with Crippen molar-refractivity contribution in [3.05, 3.63) is 0 Å². The Kier molecular flexibility index (Phi) is 5.11. The second kappa shape index (κ2) is 6.61. The van der Waals surface area contributed by atoms with E-state index in [1.165, 1.54) is 57.8 Å². The molecule has 1 saturated carbocycles. The highest BCUT2D eigenvalue weighted by molar-refractivity contribution is 4.78. The molecule has 1 aliphatic heterocycles. The van der Waals surface area contributed by atoms with E-state index in [0.29, 0.717) is 12.1 Å². The van der Waals surface area contributed by atoms with E-state index in [0.717, 1.165) is 12.5 Å². The van der Waals surface area contributed by atoms with E-state index in [1.54, 1.807) is 0 Å². The van der Waals surface area contributed by atoms with E-state index in [2.05, 4.69) is 12.4 Å². The highest BCUT2D eigenvalue weighted by atomic mass is 16.5. The Morgan fingerprint density at radius 1 is 1.06 bits per heavy atom. The summed E-state index contributed by atoms with van der Waals surface area (Å²) < 4.78 is 5.73. The monoisotopic (exact) mass is 225 g/mol. The first kappa shape index (κ1) is 12.4. The normalized spacial score (nSPS) is 29.4. The zero-order chi connectivity index (χ0) is 11.2. The smallest absolute Gasteiger partial charge is 0.0590 e. The van der Waals surface area contributed by atoms with Crippen molar-refractivity contribution in [3.8, 4) is 0 Å². The van der Waals surface area contributed by atoms with Gasteiger partial charge in [-0.3, -0.25) is 0 Å². The molecule has 16 heavy (non-hydrogen) atoms. The summed E-state index contributed by atoms with van der Waals surface area (Å²) in [5.74, 6) is 0.979. The minimum Gasteiger partial charge on any atom is -0.378 e. The molecule has 0 aromatic heterocycles. The van der Waals surface area contributed by atoms with Gasteiger partial charge in [0.05, 0.1) is 6.10 Å². The van der Waals surface area contributed by atoms with Gasteiger partial charge in [0.2, 0.25) is 0 Å². The molecule has 0 bridgehead atoms. The van der Waals surface area contributed by atoms with Gasteiger partial charge in [0.1, 0.15) is 0 Å². The summed E-state index contributed by atoms with van der Waals surface area (Å²) in [4.78, 5) is 0. The van der Waals surface area contributed by atoms with E-state index >= 15 is 0 Å². The van der Waals surface area contributed by atoms with Crippen LogP contribution in [-0.2, 0) is 4.74 Å². The molecule has 94 valence electrons. The van der Waals surface area contributed by atoms with E-state index in [9.17, 15) is 0 Å². The molecule has 2 heteroatoms. The lowest BCUT2D eigenvalue weighted by atomic mass is 9.83. The average Bonchev–Trinajstić information content (AvgIpc) is 2.82. The second-order valence-corrected chi connectivity index (χ2v) is 5.60. The highest BCUT2D eigenvalue weighted by Gasteiger charge is 2.23. The Morgan fingerprint density at radius 3 is 2.50 bits per heavy atom. The molecule has 1 aliphatic carbocycles. The Morgan fingerprint density at radius 2 is 1.88 bits per heavy atom. The summed E-state index contributed by atoms with van der Waals surface area (Å²) in [6, 6.07) is 0.686. The average molecular weight is 225 g/mol. The molecule has 1 saturated heterocycles. The van der Waals surface area contributed by atoms with Crippen LogP contribution >= 0.6 is 0 Å². The van der Waals surface area contributed by atoms with E-state index < -0.39 is 0 Å². The van der Waals surface area contributed by atoms with Crippen LogP contribution in [0.5, 0.6) is 0 Å². The zero-order valence-corrected chi connectivity index (χ0v) is 10.7. The molecule has 1 heterocycles. The Bertz CT molecular complexity index is 183. The number of rotatable bonds is 5. The number of hydrogen-bond acceptors (Lipinski definition) is 2. The summed E-state index contributed by atoms with van der Waals surface area (Å²) in [6.45, 7) is 0.991. The second-order valence-electron chi connectivity index (χ2n) is 5.60. The van der Waals surface area contributed by atoms with Crippen LogP contribution in [0, 0.1) is 5.92 Å². The fourth-order valence-electron chi connectivity index (χ4n) is 3.30. The molecular weight excluding hydrogens is 198 g/mol. The van der Waals surface area contributed by atoms with E-state index in [-0.39, 0.29) is 0 Å². The van der Waals surface area contributed by atoms with E-state index in [4.69, 9.17) is 4.74 Å². The molecule has 2 unspecified atom stereocenters. The van der Waals surface area contributed by atoms with Crippen molar-refractivity contribution in [1.82, 2.24) is 5.32 Å². The third-order valence-corrected chi connectivity index (χ3v) is 4.32. The molecule has 0 spiro atoms. The van der Waals surface area contributed by atoms with Crippen LogP contribution in [0.15, 0.2) is 0 Å². The first-order chi connectivity index (χ1) is 7.88. The van der Waals surface area contributed by atoms with Crippen molar-refractivity contribution in [2.24, 2.45) is 5.92 Å². The first-order valence-corrected chi connectivity index (χ1v) is 7.17. The zero-order valence-electron chi connectivity index (χ0n) is 10.7. The van der Waals surface area contributed by atoms with Crippen molar-refractivity contribution in [2.75, 3.05) is 13.7 Å².